The zero-order chi connectivity index (χ0) is 18.4. The zero-order valence-corrected chi connectivity index (χ0v) is 18.8. The fourth-order valence-electron chi connectivity index (χ4n) is 1.60. The lowest BCUT2D eigenvalue weighted by atomic mass is 10.1. The first-order valence-electron chi connectivity index (χ1n) is 6.18. The maximum atomic E-state index is 12.3. The third-order valence-electron chi connectivity index (χ3n) is 2.45. The molecule has 0 unspecified atom stereocenters. The molecule has 0 aromatic heterocycles. The number of halogens is 3. The van der Waals surface area contributed by atoms with Crippen LogP contribution in [0, 0.1) is 10.7 Å². The van der Waals surface area contributed by atoms with Crippen molar-refractivity contribution in [3.05, 3.63) is 16.3 Å². The molecule has 1 rings (SSSR count). The van der Waals surface area contributed by atoms with Crippen LogP contribution < -0.4 is 10.6 Å². The monoisotopic (exact) mass is 672 g/mol. The van der Waals surface area contributed by atoms with Crippen LogP contribution in [0.2, 0.25) is 0 Å². The highest BCUT2D eigenvalue weighted by molar-refractivity contribution is 14.1. The highest BCUT2D eigenvalue weighted by Gasteiger charge is 2.26. The Balaban J connectivity index is 3.49. The second kappa shape index (κ2) is 9.69. The Morgan fingerprint density at radius 1 is 0.958 bits per heavy atom. The van der Waals surface area contributed by atoms with Crippen molar-refractivity contribution in [3.8, 4) is 0 Å². The molecular formula is C13H11I3N2O6. The number of nitrogens with one attached hydrogen (secondary N) is 2. The first-order chi connectivity index (χ1) is 11.2. The topological polar surface area (TPSA) is 111 Å². The van der Waals surface area contributed by atoms with Crippen LogP contribution >= 0.6 is 67.8 Å². The summed E-state index contributed by atoms with van der Waals surface area (Å²) in [5, 5.41) is 5.28. The number of ether oxygens (including phenoxy) is 2. The molecule has 8 nitrogen and oxygen atoms in total. The Kier molecular flexibility index (Phi) is 8.61. The normalized spacial score (nSPS) is 9.88. The standard InChI is InChI=1S/C13H11I3N2O6/c1-5(20)17-11-8(14)7(13(22)24-4-23-3-19)9(15)12(10(11)16)18-6(2)21/h3H,4H2,1-2H3,(H,17,20)(H,18,21). The average Bonchev–Trinajstić information content (AvgIpc) is 2.48. The lowest BCUT2D eigenvalue weighted by Gasteiger charge is -2.18. The van der Waals surface area contributed by atoms with E-state index >= 15 is 0 Å². The zero-order valence-electron chi connectivity index (χ0n) is 12.4. The lowest BCUT2D eigenvalue weighted by molar-refractivity contribution is -0.136. The number of hydrogen-bond donors (Lipinski definition) is 2. The van der Waals surface area contributed by atoms with E-state index in [2.05, 4.69) is 15.4 Å². The van der Waals surface area contributed by atoms with Gasteiger partial charge >= 0.3 is 5.97 Å². The van der Waals surface area contributed by atoms with Gasteiger partial charge in [0.2, 0.25) is 18.6 Å². The quantitative estimate of drug-likeness (QED) is 0.158. The van der Waals surface area contributed by atoms with E-state index in [-0.39, 0.29) is 23.9 Å². The highest BCUT2D eigenvalue weighted by Crippen LogP contribution is 2.39. The molecular weight excluding hydrogens is 661 g/mol. The molecule has 0 heterocycles. The van der Waals surface area contributed by atoms with Gasteiger partial charge in [0, 0.05) is 13.8 Å². The summed E-state index contributed by atoms with van der Waals surface area (Å²) in [5.41, 5.74) is 0.922. The number of hydrogen-bond acceptors (Lipinski definition) is 6. The molecule has 0 fully saturated rings. The van der Waals surface area contributed by atoms with Gasteiger partial charge in [0.25, 0.3) is 6.47 Å². The molecule has 0 atom stereocenters. The van der Waals surface area contributed by atoms with Gasteiger partial charge in [-0.2, -0.15) is 0 Å². The largest absolute Gasteiger partial charge is 0.430 e. The molecule has 0 bridgehead atoms. The molecule has 11 heteroatoms. The Hall–Kier alpha value is -0.710. The van der Waals surface area contributed by atoms with E-state index in [0.29, 0.717) is 22.1 Å². The van der Waals surface area contributed by atoms with Gasteiger partial charge < -0.3 is 20.1 Å². The molecule has 0 saturated carbocycles. The predicted octanol–water partition coefficient (Wildman–Crippen LogP) is 2.70. The molecule has 0 spiro atoms. The van der Waals surface area contributed by atoms with E-state index in [4.69, 9.17) is 4.74 Å². The smallest absolute Gasteiger partial charge is 0.343 e. The summed E-state index contributed by atoms with van der Waals surface area (Å²) in [4.78, 5) is 45.3. The van der Waals surface area contributed by atoms with Crippen molar-refractivity contribution in [2.24, 2.45) is 0 Å². The molecule has 0 saturated heterocycles. The third kappa shape index (κ3) is 5.40. The summed E-state index contributed by atoms with van der Waals surface area (Å²) in [5.74, 6) is -1.41. The third-order valence-corrected chi connectivity index (χ3v) is 5.69. The van der Waals surface area contributed by atoms with Crippen LogP contribution in [0.5, 0.6) is 0 Å². The van der Waals surface area contributed by atoms with Gasteiger partial charge in [-0.05, 0) is 67.8 Å². The fraction of sp³-hybridized carbons (Fsp3) is 0.231. The number of esters is 1. The minimum atomic E-state index is -0.750. The molecule has 24 heavy (non-hydrogen) atoms. The van der Waals surface area contributed by atoms with Crippen LogP contribution in [0.4, 0.5) is 11.4 Å². The van der Waals surface area contributed by atoms with E-state index in [1.165, 1.54) is 13.8 Å². The minimum absolute atomic E-state index is 0.151. The van der Waals surface area contributed by atoms with Gasteiger partial charge in [-0.1, -0.05) is 0 Å². The number of benzene rings is 1. The second-order valence-corrected chi connectivity index (χ2v) is 7.48. The van der Waals surface area contributed by atoms with Crippen molar-refractivity contribution in [2.45, 2.75) is 13.8 Å². The summed E-state index contributed by atoms with van der Waals surface area (Å²) in [6.07, 6.45) is 0. The first-order valence-corrected chi connectivity index (χ1v) is 9.42. The van der Waals surface area contributed by atoms with Crippen LogP contribution in [0.15, 0.2) is 0 Å². The van der Waals surface area contributed by atoms with Gasteiger partial charge in [-0.3, -0.25) is 14.4 Å². The minimum Gasteiger partial charge on any atom is -0.430 e. The van der Waals surface area contributed by atoms with Crippen molar-refractivity contribution in [3.63, 3.8) is 0 Å². The maximum absolute atomic E-state index is 12.3. The fourth-order valence-corrected chi connectivity index (χ4v) is 5.75. The van der Waals surface area contributed by atoms with Gasteiger partial charge in [0.15, 0.2) is 0 Å². The summed E-state index contributed by atoms with van der Waals surface area (Å²) in [6, 6.07) is 0. The van der Waals surface area contributed by atoms with Gasteiger partial charge in [0.1, 0.15) is 0 Å². The molecule has 0 aliphatic carbocycles. The van der Waals surface area contributed by atoms with Gasteiger partial charge in [-0.25, -0.2) is 4.79 Å². The Morgan fingerprint density at radius 2 is 1.42 bits per heavy atom. The Labute approximate surface area is 178 Å². The molecule has 0 radical (unpaired) electrons. The van der Waals surface area contributed by atoms with Gasteiger partial charge in [-0.15, -0.1) is 0 Å². The Morgan fingerprint density at radius 3 is 1.79 bits per heavy atom. The lowest BCUT2D eigenvalue weighted by Crippen LogP contribution is -2.19. The number of carbonyl (C=O) groups excluding carboxylic acids is 4. The van der Waals surface area contributed by atoms with Crippen LogP contribution in [0.25, 0.3) is 0 Å². The van der Waals surface area contributed by atoms with E-state index in [9.17, 15) is 19.2 Å². The molecule has 2 amide bonds. The summed E-state index contributed by atoms with van der Waals surface area (Å²) in [7, 11) is 0. The number of anilines is 2. The van der Waals surface area contributed by atoms with E-state index in [1.807, 2.05) is 67.8 Å². The molecule has 130 valence electrons. The van der Waals surface area contributed by atoms with Crippen molar-refractivity contribution >= 4 is 103 Å². The second-order valence-electron chi connectivity index (χ2n) is 4.24. The molecule has 2 N–H and O–H groups in total. The number of amides is 2. The number of rotatable bonds is 6. The van der Waals surface area contributed by atoms with Crippen molar-refractivity contribution in [1.82, 2.24) is 0 Å². The molecule has 1 aromatic carbocycles. The summed E-state index contributed by atoms with van der Waals surface area (Å²) >= 11 is 5.78. The predicted molar refractivity (Wildman–Crippen MR) is 111 cm³/mol. The van der Waals surface area contributed by atoms with E-state index < -0.39 is 12.8 Å². The van der Waals surface area contributed by atoms with Crippen molar-refractivity contribution < 1.29 is 28.7 Å². The SMILES string of the molecule is CC(=O)Nc1c(I)c(NC(C)=O)c(I)c(C(=O)OCOC=O)c1I. The average molecular weight is 672 g/mol. The van der Waals surface area contributed by atoms with Crippen LogP contribution in [0.1, 0.15) is 24.2 Å². The van der Waals surface area contributed by atoms with Crippen molar-refractivity contribution in [2.75, 3.05) is 17.4 Å². The summed E-state index contributed by atoms with van der Waals surface area (Å²) in [6.45, 7) is 2.28. The highest BCUT2D eigenvalue weighted by atomic mass is 127. The number of carbonyl (C=O) groups is 4. The molecule has 0 aliphatic rings. The van der Waals surface area contributed by atoms with E-state index in [0.717, 1.165) is 0 Å². The van der Waals surface area contributed by atoms with Crippen LogP contribution in [-0.4, -0.2) is 31.0 Å². The van der Waals surface area contributed by atoms with Crippen LogP contribution in [0.3, 0.4) is 0 Å². The molecule has 1 aromatic rings. The maximum Gasteiger partial charge on any atom is 0.343 e. The molecule has 0 aliphatic heterocycles. The van der Waals surface area contributed by atoms with Gasteiger partial charge in [0.05, 0.1) is 27.6 Å². The Bertz CT molecular complexity index is 664. The summed E-state index contributed by atoms with van der Waals surface area (Å²) < 4.78 is 10.7. The first kappa shape index (κ1) is 21.3. The van der Waals surface area contributed by atoms with Crippen LogP contribution in [-0.2, 0) is 23.9 Å². The van der Waals surface area contributed by atoms with E-state index in [1.54, 1.807) is 0 Å². The van der Waals surface area contributed by atoms with Crippen molar-refractivity contribution in [1.29, 1.82) is 0 Å².